The summed E-state index contributed by atoms with van der Waals surface area (Å²) in [5.41, 5.74) is 7.90. The highest BCUT2D eigenvalue weighted by Gasteiger charge is 2.42. The molecule has 0 aliphatic carbocycles. The first-order valence-corrected chi connectivity index (χ1v) is 13.6. The second kappa shape index (κ2) is 10.9. The van der Waals surface area contributed by atoms with E-state index >= 15 is 0 Å². The van der Waals surface area contributed by atoms with Gasteiger partial charge in [0, 0.05) is 53.8 Å². The van der Waals surface area contributed by atoms with Gasteiger partial charge in [-0.2, -0.15) is 0 Å². The van der Waals surface area contributed by atoms with Gasteiger partial charge in [0.2, 0.25) is 0 Å². The van der Waals surface area contributed by atoms with Crippen LogP contribution in [0.1, 0.15) is 48.6 Å². The smallest absolute Gasteiger partial charge is 0.174 e. The molecule has 0 unspecified atom stereocenters. The number of hydrogen-bond donors (Lipinski definition) is 1. The van der Waals surface area contributed by atoms with Gasteiger partial charge in [0.25, 0.3) is 0 Å². The van der Waals surface area contributed by atoms with Crippen molar-refractivity contribution in [2.24, 2.45) is 0 Å². The molecule has 2 atom stereocenters. The van der Waals surface area contributed by atoms with Crippen LogP contribution in [-0.2, 0) is 0 Å². The van der Waals surface area contributed by atoms with E-state index in [0.29, 0.717) is 5.11 Å². The van der Waals surface area contributed by atoms with Gasteiger partial charge in [-0.25, -0.2) is 0 Å². The second-order valence-electron chi connectivity index (χ2n) is 9.55. The van der Waals surface area contributed by atoms with Crippen molar-refractivity contribution in [3.05, 3.63) is 102 Å². The van der Waals surface area contributed by atoms with Crippen molar-refractivity contribution >= 4 is 28.7 Å². The van der Waals surface area contributed by atoms with Crippen molar-refractivity contribution in [1.29, 1.82) is 0 Å². The zero-order chi connectivity index (χ0) is 26.8. The monoisotopic (exact) mass is 525 g/mol. The second-order valence-corrected chi connectivity index (χ2v) is 9.94. The minimum atomic E-state index is -0.103. The van der Waals surface area contributed by atoms with Crippen molar-refractivity contribution in [2.75, 3.05) is 30.0 Å². The van der Waals surface area contributed by atoms with Crippen LogP contribution in [0, 0.1) is 13.8 Å². The highest BCUT2D eigenvalue weighted by Crippen LogP contribution is 2.44. The van der Waals surface area contributed by atoms with E-state index in [1.807, 2.05) is 36.5 Å². The number of nitrogens with zero attached hydrogens (tertiary/aromatic N) is 4. The molecule has 1 saturated heterocycles. The summed E-state index contributed by atoms with van der Waals surface area (Å²) in [6.07, 6.45) is 1.84. The molecule has 6 nitrogen and oxygen atoms in total. The first kappa shape index (κ1) is 25.8. The molecule has 7 heteroatoms. The molecule has 196 valence electrons. The largest absolute Gasteiger partial charge is 0.497 e. The Kier molecular flexibility index (Phi) is 7.38. The zero-order valence-corrected chi connectivity index (χ0v) is 23.5. The molecule has 0 saturated carbocycles. The Hall–Kier alpha value is -3.84. The Labute approximate surface area is 230 Å². The maximum Gasteiger partial charge on any atom is 0.174 e. The van der Waals surface area contributed by atoms with E-state index in [4.69, 9.17) is 21.9 Å². The Morgan fingerprint density at radius 2 is 1.71 bits per heavy atom. The van der Waals surface area contributed by atoms with Gasteiger partial charge in [0.15, 0.2) is 5.11 Å². The summed E-state index contributed by atoms with van der Waals surface area (Å²) < 4.78 is 7.87. The lowest BCUT2D eigenvalue weighted by atomic mass is 9.96. The molecule has 1 fully saturated rings. The molecule has 3 heterocycles. The molecule has 0 amide bonds. The standard InChI is InChI=1S/C31H35N5OS/c1-6-34(7-2)23-14-16-24(17-15-23)35-21(3)19-27(22(35)4)30-29(28-13-8-9-18-32-28)33-31(38)36(30)25-11-10-12-26(20-25)37-5/h8-20,29-30H,6-7H2,1-5H3,(H,33,38)/t29-,30+/m1/s1. The topological polar surface area (TPSA) is 45.6 Å². The van der Waals surface area contributed by atoms with Gasteiger partial charge in [-0.3, -0.25) is 4.98 Å². The summed E-state index contributed by atoms with van der Waals surface area (Å²) in [5, 5.41) is 4.25. The average molecular weight is 526 g/mol. The summed E-state index contributed by atoms with van der Waals surface area (Å²) in [5.74, 6) is 0.795. The fraction of sp³-hybridized carbons (Fsp3) is 0.290. The number of benzene rings is 2. The fourth-order valence-electron chi connectivity index (χ4n) is 5.59. The minimum absolute atomic E-state index is 0.0839. The summed E-state index contributed by atoms with van der Waals surface area (Å²) in [7, 11) is 1.69. The van der Waals surface area contributed by atoms with Gasteiger partial charge in [0.1, 0.15) is 5.75 Å². The number of aryl methyl sites for hydroxylation is 1. The van der Waals surface area contributed by atoms with Crippen LogP contribution in [0.3, 0.4) is 0 Å². The molecule has 1 N–H and O–H groups in total. The number of nitrogens with one attached hydrogen (secondary N) is 1. The Balaban J connectivity index is 1.61. The van der Waals surface area contributed by atoms with Gasteiger partial charge in [-0.05, 0) is 100 Å². The third-order valence-corrected chi connectivity index (χ3v) is 7.77. The van der Waals surface area contributed by atoms with E-state index in [9.17, 15) is 0 Å². The zero-order valence-electron chi connectivity index (χ0n) is 22.7. The third kappa shape index (κ3) is 4.63. The SMILES string of the molecule is CCN(CC)c1ccc(-n2c(C)cc([C@H]3[C@@H](c4ccccn4)NC(=S)N3c3cccc(OC)c3)c2C)cc1. The average Bonchev–Trinajstić information content (AvgIpc) is 3.45. The van der Waals surface area contributed by atoms with Gasteiger partial charge in [-0.15, -0.1) is 0 Å². The van der Waals surface area contributed by atoms with Gasteiger partial charge >= 0.3 is 0 Å². The molecule has 4 aromatic rings. The van der Waals surface area contributed by atoms with Crippen molar-refractivity contribution in [3.8, 4) is 11.4 Å². The molecule has 5 rings (SSSR count). The Morgan fingerprint density at radius 1 is 0.947 bits per heavy atom. The number of anilines is 2. The fourth-order valence-corrected chi connectivity index (χ4v) is 5.94. The number of pyridine rings is 1. The quantitative estimate of drug-likeness (QED) is 0.264. The first-order valence-electron chi connectivity index (χ1n) is 13.2. The number of hydrogen-bond acceptors (Lipinski definition) is 4. The van der Waals surface area contributed by atoms with Crippen LogP contribution < -0.4 is 19.9 Å². The molecular weight excluding hydrogens is 490 g/mol. The van der Waals surface area contributed by atoms with Crippen LogP contribution >= 0.6 is 12.2 Å². The van der Waals surface area contributed by atoms with E-state index in [0.717, 1.165) is 35.9 Å². The van der Waals surface area contributed by atoms with Crippen molar-refractivity contribution in [3.63, 3.8) is 0 Å². The molecule has 1 aliphatic heterocycles. The van der Waals surface area contributed by atoms with Crippen molar-refractivity contribution in [2.45, 2.75) is 39.8 Å². The van der Waals surface area contributed by atoms with Crippen molar-refractivity contribution in [1.82, 2.24) is 14.9 Å². The van der Waals surface area contributed by atoms with E-state index in [2.05, 4.69) is 89.8 Å². The highest BCUT2D eigenvalue weighted by atomic mass is 32.1. The minimum Gasteiger partial charge on any atom is -0.497 e. The van der Waals surface area contributed by atoms with Gasteiger partial charge in [-0.1, -0.05) is 12.1 Å². The van der Waals surface area contributed by atoms with Crippen LogP contribution in [0.2, 0.25) is 0 Å². The van der Waals surface area contributed by atoms with E-state index < -0.39 is 0 Å². The van der Waals surface area contributed by atoms with E-state index in [-0.39, 0.29) is 12.1 Å². The third-order valence-electron chi connectivity index (χ3n) is 7.46. The van der Waals surface area contributed by atoms with Crippen LogP contribution in [0.5, 0.6) is 5.75 Å². The molecule has 1 aliphatic rings. The molecule has 2 aromatic carbocycles. The summed E-state index contributed by atoms with van der Waals surface area (Å²) in [6, 6.07) is 25.1. The summed E-state index contributed by atoms with van der Waals surface area (Å²) in [4.78, 5) is 9.27. The predicted octanol–water partition coefficient (Wildman–Crippen LogP) is 6.52. The number of rotatable bonds is 8. The van der Waals surface area contributed by atoms with Gasteiger partial charge < -0.3 is 24.4 Å². The molecule has 0 spiro atoms. The van der Waals surface area contributed by atoms with Crippen molar-refractivity contribution < 1.29 is 4.74 Å². The number of ether oxygens (including phenoxy) is 1. The number of aromatic nitrogens is 2. The Morgan fingerprint density at radius 3 is 2.37 bits per heavy atom. The molecule has 0 radical (unpaired) electrons. The van der Waals surface area contributed by atoms with E-state index in [1.54, 1.807) is 7.11 Å². The summed E-state index contributed by atoms with van der Waals surface area (Å²) in [6.45, 7) is 10.7. The lowest BCUT2D eigenvalue weighted by Gasteiger charge is -2.28. The highest BCUT2D eigenvalue weighted by molar-refractivity contribution is 7.80. The Bertz CT molecular complexity index is 1410. The molecular formula is C31H35N5OS. The van der Waals surface area contributed by atoms with Gasteiger partial charge in [0.05, 0.1) is 24.9 Å². The van der Waals surface area contributed by atoms with Crippen LogP contribution in [-0.4, -0.2) is 34.9 Å². The van der Waals surface area contributed by atoms with Crippen LogP contribution in [0.15, 0.2) is 79.0 Å². The molecule has 0 bridgehead atoms. The first-order chi connectivity index (χ1) is 18.5. The lowest BCUT2D eigenvalue weighted by Crippen LogP contribution is -2.29. The molecule has 2 aromatic heterocycles. The van der Waals surface area contributed by atoms with E-state index in [1.165, 1.54) is 22.6 Å². The maximum atomic E-state index is 5.93. The summed E-state index contributed by atoms with van der Waals surface area (Å²) >= 11 is 5.93. The van der Waals surface area contributed by atoms with Crippen LogP contribution in [0.25, 0.3) is 5.69 Å². The normalized spacial score (nSPS) is 17.0. The lowest BCUT2D eigenvalue weighted by molar-refractivity contribution is 0.415. The van der Waals surface area contributed by atoms with Crippen LogP contribution in [0.4, 0.5) is 11.4 Å². The predicted molar refractivity (Wildman–Crippen MR) is 160 cm³/mol. The maximum absolute atomic E-state index is 5.93. The number of methoxy groups -OCH3 is 1. The molecule has 38 heavy (non-hydrogen) atoms. The number of thiocarbonyl (C=S) groups is 1.